The summed E-state index contributed by atoms with van der Waals surface area (Å²) in [4.78, 5) is 16.3. The quantitative estimate of drug-likeness (QED) is 0.598. The van der Waals surface area contributed by atoms with Crippen molar-refractivity contribution in [2.75, 3.05) is 5.75 Å². The normalized spacial score (nSPS) is 10.6. The van der Waals surface area contributed by atoms with Crippen molar-refractivity contribution in [2.45, 2.75) is 24.9 Å². The van der Waals surface area contributed by atoms with Crippen LogP contribution in [0.1, 0.15) is 29.3 Å². The zero-order valence-electron chi connectivity index (χ0n) is 11.3. The van der Waals surface area contributed by atoms with Crippen molar-refractivity contribution >= 4 is 17.5 Å². The van der Waals surface area contributed by atoms with Gasteiger partial charge >= 0.3 is 0 Å². The molecule has 3 nitrogen and oxygen atoms in total. The molecule has 100 valence electrons. The number of Topliss-reactive ketones (excluding diaryl/α,β-unsaturated/α-hetero) is 1. The molecule has 0 amide bonds. The molecule has 1 aromatic carbocycles. The number of nitrogens with zero attached hydrogens (tertiary/aromatic N) is 2. The van der Waals surface area contributed by atoms with E-state index in [0.29, 0.717) is 5.75 Å². The van der Waals surface area contributed by atoms with E-state index in [1.54, 1.807) is 6.20 Å². The summed E-state index contributed by atoms with van der Waals surface area (Å²) in [5.41, 5.74) is 2.07. The standard InChI is InChI=1S/C15H18N2OS/c1-3-4-12-5-7-13(8-6-12)14(18)11-19-15-16-9-10-17(15)2/h5-10H,3-4,11H2,1-2H3. The van der Waals surface area contributed by atoms with Gasteiger partial charge in [0.15, 0.2) is 10.9 Å². The van der Waals surface area contributed by atoms with Crippen molar-refractivity contribution < 1.29 is 4.79 Å². The number of carbonyl (C=O) groups excluding carboxylic acids is 1. The minimum Gasteiger partial charge on any atom is -0.329 e. The van der Waals surface area contributed by atoms with E-state index in [2.05, 4.69) is 11.9 Å². The molecule has 0 bridgehead atoms. The lowest BCUT2D eigenvalue weighted by Gasteiger charge is -2.03. The monoisotopic (exact) mass is 274 g/mol. The first-order valence-corrected chi connectivity index (χ1v) is 7.41. The van der Waals surface area contributed by atoms with Gasteiger partial charge in [-0.1, -0.05) is 49.4 Å². The van der Waals surface area contributed by atoms with E-state index in [4.69, 9.17) is 0 Å². The molecule has 0 aliphatic rings. The van der Waals surface area contributed by atoms with E-state index < -0.39 is 0 Å². The summed E-state index contributed by atoms with van der Waals surface area (Å²) in [6, 6.07) is 7.93. The maximum absolute atomic E-state index is 12.1. The highest BCUT2D eigenvalue weighted by Gasteiger charge is 2.08. The Morgan fingerprint density at radius 2 is 2.05 bits per heavy atom. The Balaban J connectivity index is 1.94. The van der Waals surface area contributed by atoms with Crippen LogP contribution in [-0.2, 0) is 13.5 Å². The predicted octanol–water partition coefficient (Wildman–Crippen LogP) is 3.35. The molecule has 0 fully saturated rings. The van der Waals surface area contributed by atoms with E-state index in [1.165, 1.54) is 17.3 Å². The number of rotatable bonds is 6. The number of imidazole rings is 1. The lowest BCUT2D eigenvalue weighted by Crippen LogP contribution is -2.03. The number of carbonyl (C=O) groups is 1. The molecular formula is C15H18N2OS. The number of benzene rings is 1. The smallest absolute Gasteiger partial charge is 0.173 e. The Bertz CT molecular complexity index is 546. The predicted molar refractivity (Wildman–Crippen MR) is 78.7 cm³/mol. The highest BCUT2D eigenvalue weighted by atomic mass is 32.2. The van der Waals surface area contributed by atoms with Crippen LogP contribution < -0.4 is 0 Å². The first-order chi connectivity index (χ1) is 9.20. The van der Waals surface area contributed by atoms with Crippen LogP contribution in [0.2, 0.25) is 0 Å². The molecule has 2 aromatic rings. The molecule has 0 unspecified atom stereocenters. The number of hydrogen-bond donors (Lipinski definition) is 0. The van der Waals surface area contributed by atoms with Crippen molar-refractivity contribution in [3.63, 3.8) is 0 Å². The minimum absolute atomic E-state index is 0.149. The number of aryl methyl sites for hydroxylation is 2. The van der Waals surface area contributed by atoms with Crippen molar-refractivity contribution in [1.29, 1.82) is 0 Å². The summed E-state index contributed by atoms with van der Waals surface area (Å²) in [5.74, 6) is 0.578. The first-order valence-electron chi connectivity index (χ1n) is 6.43. The Hall–Kier alpha value is -1.55. The van der Waals surface area contributed by atoms with Gasteiger partial charge in [0.05, 0.1) is 5.75 Å². The van der Waals surface area contributed by atoms with E-state index >= 15 is 0 Å². The van der Waals surface area contributed by atoms with Gasteiger partial charge in [-0.05, 0) is 12.0 Å². The van der Waals surface area contributed by atoms with Crippen LogP contribution in [0.15, 0.2) is 41.8 Å². The first kappa shape index (κ1) is 13.9. The summed E-state index contributed by atoms with van der Waals surface area (Å²) >= 11 is 1.47. The Labute approximate surface area is 118 Å². The zero-order valence-corrected chi connectivity index (χ0v) is 12.1. The number of hydrogen-bond acceptors (Lipinski definition) is 3. The van der Waals surface area contributed by atoms with Gasteiger partial charge in [-0.15, -0.1) is 0 Å². The van der Waals surface area contributed by atoms with Crippen molar-refractivity contribution in [3.05, 3.63) is 47.8 Å². The summed E-state index contributed by atoms with van der Waals surface area (Å²) in [5, 5.41) is 0.871. The third-order valence-electron chi connectivity index (χ3n) is 2.92. The van der Waals surface area contributed by atoms with Gasteiger partial charge in [0.2, 0.25) is 0 Å². The average molecular weight is 274 g/mol. The maximum Gasteiger partial charge on any atom is 0.173 e. The van der Waals surface area contributed by atoms with Gasteiger partial charge in [0.1, 0.15) is 0 Å². The van der Waals surface area contributed by atoms with Crippen LogP contribution in [0.25, 0.3) is 0 Å². The Morgan fingerprint density at radius 3 is 2.63 bits per heavy atom. The van der Waals surface area contributed by atoms with Crippen LogP contribution in [0.5, 0.6) is 0 Å². The maximum atomic E-state index is 12.1. The minimum atomic E-state index is 0.149. The summed E-state index contributed by atoms with van der Waals surface area (Å²) in [6.07, 6.45) is 5.82. The number of aromatic nitrogens is 2. The molecule has 0 N–H and O–H groups in total. The van der Waals surface area contributed by atoms with Crippen LogP contribution in [-0.4, -0.2) is 21.1 Å². The van der Waals surface area contributed by atoms with Gasteiger partial charge in [0.25, 0.3) is 0 Å². The van der Waals surface area contributed by atoms with Gasteiger partial charge in [-0.25, -0.2) is 4.98 Å². The molecule has 0 saturated heterocycles. The van der Waals surface area contributed by atoms with Crippen molar-refractivity contribution in [3.8, 4) is 0 Å². The van der Waals surface area contributed by atoms with Gasteiger partial charge < -0.3 is 4.57 Å². The SMILES string of the molecule is CCCc1ccc(C(=O)CSc2nccn2C)cc1. The lowest BCUT2D eigenvalue weighted by molar-refractivity contribution is 0.102. The summed E-state index contributed by atoms with van der Waals surface area (Å²) in [6.45, 7) is 2.16. The van der Waals surface area contributed by atoms with E-state index in [1.807, 2.05) is 42.1 Å². The molecule has 0 aliphatic carbocycles. The summed E-state index contributed by atoms with van der Waals surface area (Å²) in [7, 11) is 1.93. The Morgan fingerprint density at radius 1 is 1.32 bits per heavy atom. The average Bonchev–Trinajstić information content (AvgIpc) is 2.83. The molecule has 1 aromatic heterocycles. The largest absolute Gasteiger partial charge is 0.329 e. The highest BCUT2D eigenvalue weighted by molar-refractivity contribution is 7.99. The molecule has 0 spiro atoms. The van der Waals surface area contributed by atoms with E-state index in [9.17, 15) is 4.79 Å². The molecule has 0 radical (unpaired) electrons. The highest BCUT2D eigenvalue weighted by Crippen LogP contribution is 2.17. The van der Waals surface area contributed by atoms with Gasteiger partial charge in [0, 0.05) is 25.0 Å². The van der Waals surface area contributed by atoms with E-state index in [-0.39, 0.29) is 5.78 Å². The molecule has 0 atom stereocenters. The van der Waals surface area contributed by atoms with E-state index in [0.717, 1.165) is 23.6 Å². The third kappa shape index (κ3) is 3.70. The fourth-order valence-corrected chi connectivity index (χ4v) is 2.68. The third-order valence-corrected chi connectivity index (χ3v) is 3.98. The molecule has 0 saturated carbocycles. The molecule has 19 heavy (non-hydrogen) atoms. The second kappa shape index (κ2) is 6.57. The fourth-order valence-electron chi connectivity index (χ4n) is 1.85. The molecule has 0 aliphatic heterocycles. The summed E-state index contributed by atoms with van der Waals surface area (Å²) < 4.78 is 1.92. The van der Waals surface area contributed by atoms with Crippen LogP contribution >= 0.6 is 11.8 Å². The Kier molecular flexibility index (Phi) is 4.80. The molecule has 1 heterocycles. The topological polar surface area (TPSA) is 34.9 Å². The van der Waals surface area contributed by atoms with Gasteiger partial charge in [-0.3, -0.25) is 4.79 Å². The second-order valence-corrected chi connectivity index (χ2v) is 5.42. The molecule has 2 rings (SSSR count). The van der Waals surface area contributed by atoms with Crippen LogP contribution in [0.4, 0.5) is 0 Å². The van der Waals surface area contributed by atoms with Crippen molar-refractivity contribution in [1.82, 2.24) is 9.55 Å². The van der Waals surface area contributed by atoms with Gasteiger partial charge in [-0.2, -0.15) is 0 Å². The van der Waals surface area contributed by atoms with Crippen LogP contribution in [0, 0.1) is 0 Å². The number of ketones is 1. The molecular weight excluding hydrogens is 256 g/mol. The molecule has 4 heteroatoms. The second-order valence-electron chi connectivity index (χ2n) is 4.48. The number of thioether (sulfide) groups is 1. The zero-order chi connectivity index (χ0) is 13.7. The lowest BCUT2D eigenvalue weighted by atomic mass is 10.1. The van der Waals surface area contributed by atoms with Crippen LogP contribution in [0.3, 0.4) is 0 Å². The van der Waals surface area contributed by atoms with Crippen molar-refractivity contribution in [2.24, 2.45) is 7.05 Å². The fraction of sp³-hybridized carbons (Fsp3) is 0.333.